The topological polar surface area (TPSA) is 33.7 Å². The van der Waals surface area contributed by atoms with E-state index in [-0.39, 0.29) is 0 Å². The van der Waals surface area contributed by atoms with E-state index in [2.05, 4.69) is 16.3 Å². The molecule has 2 saturated heterocycles. The first-order valence-corrected chi connectivity index (χ1v) is 8.21. The highest BCUT2D eigenvalue weighted by molar-refractivity contribution is 6.32. The molecule has 2 atom stereocenters. The van der Waals surface area contributed by atoms with Crippen LogP contribution in [-0.4, -0.2) is 43.8 Å². The van der Waals surface area contributed by atoms with Gasteiger partial charge in [0.25, 0.3) is 0 Å². The van der Waals surface area contributed by atoms with E-state index in [0.717, 1.165) is 24.8 Å². The van der Waals surface area contributed by atoms with Gasteiger partial charge in [-0.15, -0.1) is 0 Å². The normalized spacial score (nSPS) is 28.4. The van der Waals surface area contributed by atoms with Crippen LogP contribution in [0.1, 0.15) is 18.4 Å². The summed E-state index contributed by atoms with van der Waals surface area (Å²) in [5, 5.41) is 4.31. The second-order valence-corrected chi connectivity index (χ2v) is 6.67. The Bertz CT molecular complexity index is 523. The van der Waals surface area contributed by atoms with Gasteiger partial charge in [-0.1, -0.05) is 11.6 Å². The Hall–Kier alpha value is -0.970. The minimum atomic E-state index is 0.577. The van der Waals surface area contributed by atoms with Crippen LogP contribution in [0.15, 0.2) is 12.1 Å². The number of ether oxygens (including phenoxy) is 2. The summed E-state index contributed by atoms with van der Waals surface area (Å²) in [7, 11) is 0. The van der Waals surface area contributed by atoms with Gasteiger partial charge in [0.05, 0.1) is 5.02 Å². The number of likely N-dealkylation sites (tertiary alicyclic amines) is 1. The van der Waals surface area contributed by atoms with Crippen LogP contribution in [0.3, 0.4) is 0 Å². The Morgan fingerprint density at radius 1 is 1.24 bits per heavy atom. The Morgan fingerprint density at radius 2 is 2.14 bits per heavy atom. The highest BCUT2D eigenvalue weighted by Gasteiger charge is 2.34. The summed E-state index contributed by atoms with van der Waals surface area (Å²) in [5.74, 6) is 2.30. The molecule has 3 heterocycles. The summed E-state index contributed by atoms with van der Waals surface area (Å²) < 4.78 is 11.2. The van der Waals surface area contributed by atoms with Crippen LogP contribution in [0.2, 0.25) is 5.02 Å². The monoisotopic (exact) mass is 308 g/mol. The van der Waals surface area contributed by atoms with E-state index >= 15 is 0 Å². The quantitative estimate of drug-likeness (QED) is 0.909. The predicted octanol–water partition coefficient (Wildman–Crippen LogP) is 2.29. The number of hydrogen-bond donors (Lipinski definition) is 1. The average Bonchev–Trinajstić information content (AvgIpc) is 2.89. The van der Waals surface area contributed by atoms with E-state index in [0.29, 0.717) is 30.0 Å². The van der Waals surface area contributed by atoms with Crippen molar-refractivity contribution in [1.82, 2.24) is 10.2 Å². The lowest BCUT2D eigenvalue weighted by Gasteiger charge is -2.24. The zero-order valence-corrected chi connectivity index (χ0v) is 12.9. The number of nitrogens with one attached hydrogen (secondary N) is 1. The lowest BCUT2D eigenvalue weighted by atomic mass is 9.94. The highest BCUT2D eigenvalue weighted by Crippen LogP contribution is 2.39. The summed E-state index contributed by atoms with van der Waals surface area (Å²) in [6.45, 7) is 5.61. The van der Waals surface area contributed by atoms with Crippen LogP contribution in [0.4, 0.5) is 0 Å². The summed E-state index contributed by atoms with van der Waals surface area (Å²) in [4.78, 5) is 2.52. The Morgan fingerprint density at radius 3 is 3.05 bits per heavy atom. The maximum atomic E-state index is 6.32. The van der Waals surface area contributed by atoms with Crippen molar-refractivity contribution in [1.29, 1.82) is 0 Å². The zero-order chi connectivity index (χ0) is 14.2. The van der Waals surface area contributed by atoms with Gasteiger partial charge in [0, 0.05) is 25.7 Å². The second-order valence-electron chi connectivity index (χ2n) is 6.26. The number of halogens is 1. The first-order chi connectivity index (χ1) is 10.3. The summed E-state index contributed by atoms with van der Waals surface area (Å²) in [6.07, 6.45) is 2.67. The number of nitrogens with zero attached hydrogens (tertiary/aromatic N) is 1. The first-order valence-electron chi connectivity index (χ1n) is 7.83. The maximum Gasteiger partial charge on any atom is 0.179 e. The third-order valence-corrected chi connectivity index (χ3v) is 5.02. The van der Waals surface area contributed by atoms with E-state index in [9.17, 15) is 0 Å². The number of rotatable bonds is 2. The van der Waals surface area contributed by atoms with Crippen molar-refractivity contribution in [3.8, 4) is 11.5 Å². The third-order valence-electron chi connectivity index (χ3n) is 4.74. The van der Waals surface area contributed by atoms with Crippen molar-refractivity contribution >= 4 is 11.6 Å². The molecule has 4 rings (SSSR count). The molecule has 1 N–H and O–H groups in total. The maximum absolute atomic E-state index is 6.32. The second kappa shape index (κ2) is 5.67. The molecule has 1 aromatic carbocycles. The van der Waals surface area contributed by atoms with Gasteiger partial charge >= 0.3 is 0 Å². The standard InChI is InChI=1S/C16H21ClN2O2/c17-13-6-11(7-15-16(13)21-5-4-20-15)8-19-9-12-2-1-3-18-14(12)10-19/h6-7,12,14,18H,1-5,8-10H2. The van der Waals surface area contributed by atoms with Crippen LogP contribution in [0.25, 0.3) is 0 Å². The van der Waals surface area contributed by atoms with Crippen molar-refractivity contribution in [3.05, 3.63) is 22.7 Å². The van der Waals surface area contributed by atoms with Crippen LogP contribution < -0.4 is 14.8 Å². The van der Waals surface area contributed by atoms with Gasteiger partial charge in [-0.2, -0.15) is 0 Å². The van der Waals surface area contributed by atoms with Crippen molar-refractivity contribution in [3.63, 3.8) is 0 Å². The molecule has 1 aromatic rings. The lowest BCUT2D eigenvalue weighted by Crippen LogP contribution is -2.40. The van der Waals surface area contributed by atoms with Crippen LogP contribution in [0.5, 0.6) is 11.5 Å². The third kappa shape index (κ3) is 2.72. The number of fused-ring (bicyclic) bond motifs is 2. The molecule has 0 saturated carbocycles. The minimum absolute atomic E-state index is 0.577. The molecular weight excluding hydrogens is 288 g/mol. The fourth-order valence-electron chi connectivity index (χ4n) is 3.78. The molecule has 3 aliphatic rings. The van der Waals surface area contributed by atoms with E-state index in [1.807, 2.05) is 6.07 Å². The Labute approximate surface area is 130 Å². The molecule has 0 aliphatic carbocycles. The Balaban J connectivity index is 1.49. The smallest absolute Gasteiger partial charge is 0.179 e. The van der Waals surface area contributed by atoms with Gasteiger partial charge in [-0.3, -0.25) is 4.90 Å². The molecule has 4 nitrogen and oxygen atoms in total. The highest BCUT2D eigenvalue weighted by atomic mass is 35.5. The molecule has 2 fully saturated rings. The van der Waals surface area contributed by atoms with E-state index in [1.165, 1.54) is 31.5 Å². The van der Waals surface area contributed by atoms with Gasteiger partial charge < -0.3 is 14.8 Å². The van der Waals surface area contributed by atoms with Crippen molar-refractivity contribution in [2.45, 2.75) is 25.4 Å². The van der Waals surface area contributed by atoms with E-state index in [4.69, 9.17) is 21.1 Å². The van der Waals surface area contributed by atoms with Crippen LogP contribution in [0, 0.1) is 5.92 Å². The summed E-state index contributed by atoms with van der Waals surface area (Å²) >= 11 is 6.32. The predicted molar refractivity (Wildman–Crippen MR) is 82.2 cm³/mol. The SMILES string of the molecule is Clc1cc(CN2CC3CCCNC3C2)cc2c1OCCO2. The average molecular weight is 309 g/mol. The molecular formula is C16H21ClN2O2. The van der Waals surface area contributed by atoms with Crippen molar-refractivity contribution in [2.24, 2.45) is 5.92 Å². The van der Waals surface area contributed by atoms with Gasteiger partial charge in [0.15, 0.2) is 11.5 Å². The fraction of sp³-hybridized carbons (Fsp3) is 0.625. The minimum Gasteiger partial charge on any atom is -0.486 e. The number of benzene rings is 1. The molecule has 114 valence electrons. The van der Waals surface area contributed by atoms with Gasteiger partial charge in [0.1, 0.15) is 13.2 Å². The molecule has 3 aliphatic heterocycles. The Kier molecular flexibility index (Phi) is 3.69. The van der Waals surface area contributed by atoms with E-state index < -0.39 is 0 Å². The van der Waals surface area contributed by atoms with Crippen LogP contribution >= 0.6 is 11.6 Å². The summed E-state index contributed by atoms with van der Waals surface area (Å²) in [6, 6.07) is 4.77. The van der Waals surface area contributed by atoms with Crippen molar-refractivity contribution in [2.75, 3.05) is 32.8 Å². The molecule has 21 heavy (non-hydrogen) atoms. The van der Waals surface area contributed by atoms with Gasteiger partial charge in [-0.05, 0) is 43.0 Å². The summed E-state index contributed by atoms with van der Waals surface area (Å²) in [5.41, 5.74) is 1.21. The molecule has 0 bridgehead atoms. The molecule has 2 unspecified atom stereocenters. The van der Waals surface area contributed by atoms with Crippen LogP contribution in [-0.2, 0) is 6.54 Å². The fourth-order valence-corrected chi connectivity index (χ4v) is 4.07. The van der Waals surface area contributed by atoms with Crippen molar-refractivity contribution < 1.29 is 9.47 Å². The molecule has 0 amide bonds. The van der Waals surface area contributed by atoms with Gasteiger partial charge in [0.2, 0.25) is 0 Å². The number of piperidine rings is 1. The van der Waals surface area contributed by atoms with E-state index in [1.54, 1.807) is 0 Å². The lowest BCUT2D eigenvalue weighted by molar-refractivity contribution is 0.171. The molecule has 5 heteroatoms. The number of hydrogen-bond acceptors (Lipinski definition) is 4. The zero-order valence-electron chi connectivity index (χ0n) is 12.1. The largest absolute Gasteiger partial charge is 0.486 e. The molecule has 0 radical (unpaired) electrons. The first kappa shape index (κ1) is 13.7. The molecule has 0 spiro atoms. The van der Waals surface area contributed by atoms with Gasteiger partial charge in [-0.25, -0.2) is 0 Å². The molecule has 0 aromatic heterocycles.